The fraction of sp³-hybridized carbons (Fsp3) is 0. The van der Waals surface area contributed by atoms with Crippen LogP contribution in [0.4, 0.5) is 0 Å². The minimum Gasteiger partial charge on any atom is -0.307 e. The van der Waals surface area contributed by atoms with E-state index in [-0.39, 0.29) is 0 Å². The SMILES string of the molecule is c1ccc(-c2ccc(-c3nc(-c4ccc5c(c4)c4ccccc4n4c6ccccc6c6ccc7c8ccccc8n5c7c64)nc4ccccc34)cc2)cc1. The number of aromatic nitrogens is 4. The predicted molar refractivity (Wildman–Crippen MR) is 225 cm³/mol. The summed E-state index contributed by atoms with van der Waals surface area (Å²) >= 11 is 0. The number of hydrogen-bond acceptors (Lipinski definition) is 2. The van der Waals surface area contributed by atoms with E-state index in [9.17, 15) is 0 Å². The summed E-state index contributed by atoms with van der Waals surface area (Å²) in [6.07, 6.45) is 0. The van der Waals surface area contributed by atoms with Crippen molar-refractivity contribution >= 4 is 76.3 Å². The van der Waals surface area contributed by atoms with Gasteiger partial charge in [-0.3, -0.25) is 0 Å². The van der Waals surface area contributed by atoms with Gasteiger partial charge < -0.3 is 8.80 Å². The van der Waals surface area contributed by atoms with Crippen molar-refractivity contribution in [3.8, 4) is 33.8 Å². The van der Waals surface area contributed by atoms with Crippen LogP contribution in [-0.2, 0) is 0 Å². The van der Waals surface area contributed by atoms with E-state index < -0.39 is 0 Å². The highest BCUT2D eigenvalue weighted by Gasteiger charge is 2.21. The van der Waals surface area contributed by atoms with Crippen molar-refractivity contribution in [2.75, 3.05) is 0 Å². The number of rotatable bonds is 3. The van der Waals surface area contributed by atoms with Crippen molar-refractivity contribution in [1.82, 2.24) is 18.8 Å². The van der Waals surface area contributed by atoms with Crippen LogP contribution in [0.15, 0.2) is 182 Å². The minimum atomic E-state index is 0.704. The van der Waals surface area contributed by atoms with Gasteiger partial charge in [-0.15, -0.1) is 0 Å². The van der Waals surface area contributed by atoms with Crippen LogP contribution in [0.1, 0.15) is 0 Å². The lowest BCUT2D eigenvalue weighted by atomic mass is 10.0. The second-order valence-electron chi connectivity index (χ2n) is 14.2. The molecular weight excluding hydrogens is 657 g/mol. The third kappa shape index (κ3) is 4.08. The zero-order valence-corrected chi connectivity index (χ0v) is 29.1. The van der Waals surface area contributed by atoms with Gasteiger partial charge in [0.2, 0.25) is 0 Å². The van der Waals surface area contributed by atoms with Crippen molar-refractivity contribution in [2.45, 2.75) is 0 Å². The second-order valence-corrected chi connectivity index (χ2v) is 14.2. The van der Waals surface area contributed by atoms with Crippen LogP contribution in [0.25, 0.3) is 110 Å². The van der Waals surface area contributed by atoms with E-state index in [0.29, 0.717) is 5.82 Å². The van der Waals surface area contributed by atoms with Gasteiger partial charge in [0.1, 0.15) is 0 Å². The van der Waals surface area contributed by atoms with E-state index in [1.54, 1.807) is 0 Å². The zero-order valence-electron chi connectivity index (χ0n) is 29.1. The number of para-hydroxylation sites is 4. The number of fused-ring (bicyclic) bond motifs is 12. The smallest absolute Gasteiger partial charge is 0.160 e. The Hall–Kier alpha value is -7.30. The lowest BCUT2D eigenvalue weighted by Crippen LogP contribution is -1.97. The summed E-state index contributed by atoms with van der Waals surface area (Å²) < 4.78 is 4.97. The normalized spacial score (nSPS) is 12.1. The lowest BCUT2D eigenvalue weighted by molar-refractivity contribution is 1.23. The third-order valence-electron chi connectivity index (χ3n) is 11.3. The highest BCUT2D eigenvalue weighted by molar-refractivity contribution is 6.25. The monoisotopic (exact) mass is 686 g/mol. The molecule has 0 bridgehead atoms. The Labute approximate surface area is 309 Å². The molecule has 0 amide bonds. The first kappa shape index (κ1) is 29.3. The van der Waals surface area contributed by atoms with Crippen molar-refractivity contribution < 1.29 is 0 Å². The molecule has 0 unspecified atom stereocenters. The Balaban J connectivity index is 1.19. The molecule has 0 radical (unpaired) electrons. The average Bonchev–Trinajstić information content (AvgIpc) is 3.76. The van der Waals surface area contributed by atoms with Gasteiger partial charge in [0, 0.05) is 48.8 Å². The predicted octanol–water partition coefficient (Wildman–Crippen LogP) is 12.9. The highest BCUT2D eigenvalue weighted by atomic mass is 15.0. The summed E-state index contributed by atoms with van der Waals surface area (Å²) in [4.78, 5) is 10.5. The summed E-state index contributed by atoms with van der Waals surface area (Å²) in [5.41, 5.74) is 13.4. The van der Waals surface area contributed by atoms with Crippen molar-refractivity contribution in [3.05, 3.63) is 182 Å². The molecule has 0 saturated heterocycles. The van der Waals surface area contributed by atoms with E-state index in [1.165, 1.54) is 54.7 Å². The van der Waals surface area contributed by atoms with Gasteiger partial charge in [-0.2, -0.15) is 0 Å². The van der Waals surface area contributed by atoms with Gasteiger partial charge in [-0.25, -0.2) is 9.97 Å². The molecule has 0 N–H and O–H groups in total. The molecule has 0 spiro atoms. The Morgan fingerprint density at radius 1 is 0.296 bits per heavy atom. The summed E-state index contributed by atoms with van der Waals surface area (Å²) in [5, 5.41) is 8.33. The molecule has 54 heavy (non-hydrogen) atoms. The largest absolute Gasteiger partial charge is 0.307 e. The van der Waals surface area contributed by atoms with Gasteiger partial charge in [0.15, 0.2) is 5.82 Å². The zero-order chi connectivity index (χ0) is 35.3. The summed E-state index contributed by atoms with van der Waals surface area (Å²) in [7, 11) is 0. The van der Waals surface area contributed by atoms with Crippen molar-refractivity contribution in [3.63, 3.8) is 0 Å². The summed E-state index contributed by atoms with van der Waals surface area (Å²) in [5.74, 6) is 0.704. The molecule has 0 fully saturated rings. The summed E-state index contributed by atoms with van der Waals surface area (Å²) in [6, 6.07) is 65.4. The van der Waals surface area contributed by atoms with Crippen LogP contribution in [0.5, 0.6) is 0 Å². The lowest BCUT2D eigenvalue weighted by Gasteiger charge is -2.13. The van der Waals surface area contributed by atoms with Gasteiger partial charge in [-0.1, -0.05) is 140 Å². The molecule has 0 aliphatic carbocycles. The quantitative estimate of drug-likeness (QED) is 0.185. The first-order valence-corrected chi connectivity index (χ1v) is 18.4. The standard InChI is InChI=1S/C50H30N4/c1-2-12-31(13-3-1)32-22-24-33(25-23-32)47-40-17-4-8-18-42(40)51-50(52-47)34-26-29-46-41(30-34)37-16-7-11-21-45(37)53-43-19-9-5-14-35(43)38-27-28-39-36-15-6-10-20-44(36)54(46)49(39)48(38)53/h1-30H. The van der Waals surface area contributed by atoms with Gasteiger partial charge in [0.05, 0.1) is 44.3 Å². The topological polar surface area (TPSA) is 34.6 Å². The van der Waals surface area contributed by atoms with Gasteiger partial charge in [-0.05, 0) is 53.6 Å². The molecule has 0 atom stereocenters. The maximum atomic E-state index is 5.35. The number of hydrogen-bond donors (Lipinski definition) is 0. The molecule has 4 aromatic heterocycles. The molecule has 4 nitrogen and oxygen atoms in total. The van der Waals surface area contributed by atoms with Gasteiger partial charge >= 0.3 is 0 Å². The Morgan fingerprint density at radius 2 is 0.759 bits per heavy atom. The van der Waals surface area contributed by atoms with Crippen molar-refractivity contribution in [2.24, 2.45) is 0 Å². The molecule has 4 heterocycles. The first-order chi connectivity index (χ1) is 26.8. The number of nitrogens with zero attached hydrogens (tertiary/aromatic N) is 4. The average molecular weight is 687 g/mol. The maximum absolute atomic E-state index is 5.35. The fourth-order valence-electron chi connectivity index (χ4n) is 8.86. The van der Waals surface area contributed by atoms with Crippen LogP contribution in [0, 0.1) is 0 Å². The number of benzene rings is 8. The molecule has 0 aliphatic heterocycles. The van der Waals surface area contributed by atoms with Crippen LogP contribution < -0.4 is 0 Å². The van der Waals surface area contributed by atoms with Crippen LogP contribution in [0.2, 0.25) is 0 Å². The van der Waals surface area contributed by atoms with Crippen LogP contribution in [-0.4, -0.2) is 18.8 Å². The molecule has 12 rings (SSSR count). The Morgan fingerprint density at radius 3 is 1.39 bits per heavy atom. The van der Waals surface area contributed by atoms with E-state index in [4.69, 9.17) is 9.97 Å². The highest BCUT2D eigenvalue weighted by Crippen LogP contribution is 2.42. The van der Waals surface area contributed by atoms with E-state index in [1.807, 2.05) is 0 Å². The molecule has 12 aromatic rings. The first-order valence-electron chi connectivity index (χ1n) is 18.4. The minimum absolute atomic E-state index is 0.704. The van der Waals surface area contributed by atoms with Gasteiger partial charge in [0.25, 0.3) is 0 Å². The van der Waals surface area contributed by atoms with Crippen LogP contribution >= 0.6 is 0 Å². The van der Waals surface area contributed by atoms with E-state index >= 15 is 0 Å². The second kappa shape index (κ2) is 11.1. The molecule has 0 aliphatic rings. The molecule has 250 valence electrons. The molecule has 4 heteroatoms. The molecule has 0 saturated carbocycles. The Kier molecular flexibility index (Phi) is 6.02. The maximum Gasteiger partial charge on any atom is 0.160 e. The fourth-order valence-corrected chi connectivity index (χ4v) is 8.86. The third-order valence-corrected chi connectivity index (χ3v) is 11.3. The summed E-state index contributed by atoms with van der Waals surface area (Å²) in [6.45, 7) is 0. The Bertz CT molecular complexity index is 3480. The van der Waals surface area contributed by atoms with E-state index in [2.05, 4.69) is 191 Å². The van der Waals surface area contributed by atoms with Crippen molar-refractivity contribution in [1.29, 1.82) is 0 Å². The van der Waals surface area contributed by atoms with E-state index in [0.717, 1.165) is 49.5 Å². The molecule has 8 aromatic carbocycles. The molecular formula is C50H30N4. The van der Waals surface area contributed by atoms with Crippen LogP contribution in [0.3, 0.4) is 0 Å².